The quantitative estimate of drug-likeness (QED) is 0.447. The Labute approximate surface area is 217 Å². The molecule has 0 spiro atoms. The number of halogens is 2. The molecule has 3 N–H and O–H groups in total. The van der Waals surface area contributed by atoms with Gasteiger partial charge < -0.3 is 25.8 Å². The van der Waals surface area contributed by atoms with Crippen LogP contribution in [0.25, 0.3) is 0 Å². The van der Waals surface area contributed by atoms with Gasteiger partial charge in [0, 0.05) is 32.7 Å². The highest BCUT2D eigenvalue weighted by Gasteiger charge is 2.27. The largest absolute Gasteiger partial charge is 0.355 e. The van der Waals surface area contributed by atoms with Crippen LogP contribution in [0.15, 0.2) is 42.6 Å². The first-order valence-electron chi connectivity index (χ1n) is 11.5. The molecule has 10 nitrogen and oxygen atoms in total. The number of carbonyl (C=O) groups excluding carboxylic acids is 3. The highest BCUT2D eigenvalue weighted by molar-refractivity contribution is 6.33. The molecule has 0 saturated heterocycles. The number of carbonyl (C=O) groups is 3. The van der Waals surface area contributed by atoms with Crippen LogP contribution in [0.1, 0.15) is 29.8 Å². The third-order valence-electron chi connectivity index (χ3n) is 5.85. The maximum Gasteiger partial charge on any atom is 0.253 e. The smallest absolute Gasteiger partial charge is 0.253 e. The maximum atomic E-state index is 14.6. The first kappa shape index (κ1) is 25.8. The summed E-state index contributed by atoms with van der Waals surface area (Å²) >= 11 is 6.26. The predicted molar refractivity (Wildman–Crippen MR) is 139 cm³/mol. The first-order valence-corrected chi connectivity index (χ1v) is 11.9. The van der Waals surface area contributed by atoms with Crippen LogP contribution in [-0.4, -0.2) is 52.7 Å². The topological polar surface area (TPSA) is 120 Å². The van der Waals surface area contributed by atoms with Crippen molar-refractivity contribution in [3.8, 4) is 0 Å². The van der Waals surface area contributed by atoms with Gasteiger partial charge in [-0.15, -0.1) is 0 Å². The number of hydrogen-bond acceptors (Lipinski definition) is 7. The highest BCUT2D eigenvalue weighted by Crippen LogP contribution is 2.32. The van der Waals surface area contributed by atoms with Crippen LogP contribution in [0, 0.1) is 5.82 Å². The van der Waals surface area contributed by atoms with Gasteiger partial charge in [0.25, 0.3) is 5.91 Å². The number of rotatable bonds is 6. The second-order valence-electron chi connectivity index (χ2n) is 8.24. The summed E-state index contributed by atoms with van der Waals surface area (Å²) in [5, 5.41) is 8.45. The van der Waals surface area contributed by atoms with Gasteiger partial charge in [0.2, 0.25) is 17.8 Å². The van der Waals surface area contributed by atoms with E-state index in [1.165, 1.54) is 43.3 Å². The third kappa shape index (κ3) is 5.46. The molecule has 0 fully saturated rings. The Kier molecular flexibility index (Phi) is 7.53. The van der Waals surface area contributed by atoms with Gasteiger partial charge in [-0.25, -0.2) is 9.37 Å². The molecule has 1 aliphatic rings. The monoisotopic (exact) mass is 525 g/mol. The normalized spacial score (nSPS) is 13.1. The Morgan fingerprint density at radius 2 is 1.95 bits per heavy atom. The van der Waals surface area contributed by atoms with E-state index in [-0.39, 0.29) is 46.4 Å². The summed E-state index contributed by atoms with van der Waals surface area (Å²) in [6.07, 6.45) is 1.34. The molecule has 2 heterocycles. The van der Waals surface area contributed by atoms with Gasteiger partial charge in [-0.3, -0.25) is 14.4 Å². The summed E-state index contributed by atoms with van der Waals surface area (Å²) in [5.74, 6) is -1.25. The summed E-state index contributed by atoms with van der Waals surface area (Å²) in [6, 6.07) is 9.52. The molecule has 192 valence electrons. The lowest BCUT2D eigenvalue weighted by Crippen LogP contribution is -2.39. The van der Waals surface area contributed by atoms with E-state index in [2.05, 4.69) is 25.9 Å². The van der Waals surface area contributed by atoms with Gasteiger partial charge >= 0.3 is 0 Å². The number of nitrogens with zero attached hydrogens (tertiary/aromatic N) is 4. The minimum absolute atomic E-state index is 0.00400. The van der Waals surface area contributed by atoms with E-state index in [1.54, 1.807) is 17.0 Å². The van der Waals surface area contributed by atoms with Crippen LogP contribution >= 0.6 is 11.6 Å². The molecule has 1 aromatic heterocycles. The lowest BCUT2D eigenvalue weighted by molar-refractivity contribution is -0.133. The van der Waals surface area contributed by atoms with Gasteiger partial charge in [0.1, 0.15) is 17.4 Å². The van der Waals surface area contributed by atoms with E-state index in [4.69, 9.17) is 11.6 Å². The van der Waals surface area contributed by atoms with Crippen molar-refractivity contribution in [3.05, 3.63) is 64.6 Å². The second-order valence-corrected chi connectivity index (χ2v) is 8.65. The third-order valence-corrected chi connectivity index (χ3v) is 6.13. The molecule has 2 aromatic carbocycles. The molecule has 12 heteroatoms. The molecular formula is C25H25ClFN7O3. The Morgan fingerprint density at radius 1 is 1.16 bits per heavy atom. The summed E-state index contributed by atoms with van der Waals surface area (Å²) in [6.45, 7) is 4.05. The standard InChI is InChI=1S/C25H25ClFN7O3/c1-4-34-20-10-16(9-8-15(20)12-33(14(2)35)13-21(34)36)30-25-29-11-18(26)23(32-25)31-22-17(24(37)28-3)6-5-7-19(22)27/h5-11H,4,12-13H2,1-3H3,(H,28,37)(H2,29,30,31,32). The molecule has 0 saturated carbocycles. The van der Waals surface area contributed by atoms with Gasteiger partial charge in [0.05, 0.1) is 23.1 Å². The van der Waals surface area contributed by atoms with Crippen LogP contribution in [0.2, 0.25) is 5.02 Å². The molecule has 3 aromatic rings. The van der Waals surface area contributed by atoms with E-state index in [0.29, 0.717) is 24.5 Å². The van der Waals surface area contributed by atoms with Crippen LogP contribution in [0.5, 0.6) is 0 Å². The van der Waals surface area contributed by atoms with E-state index >= 15 is 0 Å². The molecule has 37 heavy (non-hydrogen) atoms. The van der Waals surface area contributed by atoms with E-state index in [0.717, 1.165) is 5.56 Å². The Hall–Kier alpha value is -4.25. The SMILES string of the molecule is CCN1C(=O)CN(C(C)=O)Cc2ccc(Nc3ncc(Cl)c(Nc4c(F)cccc4C(=O)NC)n3)cc21. The predicted octanol–water partition coefficient (Wildman–Crippen LogP) is 3.83. The highest BCUT2D eigenvalue weighted by atomic mass is 35.5. The first-order chi connectivity index (χ1) is 17.7. The molecule has 4 rings (SSSR count). The number of benzene rings is 2. The van der Waals surface area contributed by atoms with Crippen molar-refractivity contribution in [1.29, 1.82) is 0 Å². The maximum absolute atomic E-state index is 14.6. The molecule has 0 bridgehead atoms. The lowest BCUT2D eigenvalue weighted by Gasteiger charge is -2.21. The van der Waals surface area contributed by atoms with Crippen LogP contribution < -0.4 is 20.9 Å². The molecule has 0 unspecified atom stereocenters. The van der Waals surface area contributed by atoms with Crippen molar-refractivity contribution in [2.45, 2.75) is 20.4 Å². The van der Waals surface area contributed by atoms with Gasteiger partial charge in [-0.2, -0.15) is 4.98 Å². The van der Waals surface area contributed by atoms with Crippen molar-refractivity contribution in [1.82, 2.24) is 20.2 Å². The molecule has 1 aliphatic heterocycles. The number of aromatic nitrogens is 2. The average Bonchev–Trinajstić information content (AvgIpc) is 3.01. The minimum Gasteiger partial charge on any atom is -0.355 e. The van der Waals surface area contributed by atoms with Gasteiger partial charge in [0.15, 0.2) is 5.82 Å². The summed E-state index contributed by atoms with van der Waals surface area (Å²) in [7, 11) is 1.45. The van der Waals surface area contributed by atoms with E-state index < -0.39 is 11.7 Å². The van der Waals surface area contributed by atoms with Crippen LogP contribution in [-0.2, 0) is 16.1 Å². The van der Waals surface area contributed by atoms with E-state index in [9.17, 15) is 18.8 Å². The number of fused-ring (bicyclic) bond motifs is 1. The summed E-state index contributed by atoms with van der Waals surface area (Å²) < 4.78 is 14.6. The number of amides is 3. The minimum atomic E-state index is -0.653. The molecular weight excluding hydrogens is 501 g/mol. The fraction of sp³-hybridized carbons (Fsp3) is 0.240. The number of nitrogens with one attached hydrogen (secondary N) is 3. The number of anilines is 5. The average molecular weight is 526 g/mol. The zero-order valence-electron chi connectivity index (χ0n) is 20.4. The van der Waals surface area contributed by atoms with Crippen molar-refractivity contribution < 1.29 is 18.8 Å². The zero-order chi connectivity index (χ0) is 26.7. The van der Waals surface area contributed by atoms with Gasteiger partial charge in [-0.05, 0) is 36.8 Å². The van der Waals surface area contributed by atoms with E-state index in [1.807, 2.05) is 13.0 Å². The summed E-state index contributed by atoms with van der Waals surface area (Å²) in [4.78, 5) is 48.6. The fourth-order valence-corrected chi connectivity index (χ4v) is 4.12. The number of likely N-dealkylation sites (N-methyl/N-ethyl adjacent to an activating group) is 1. The Morgan fingerprint density at radius 3 is 2.65 bits per heavy atom. The number of para-hydroxylation sites is 1. The fourth-order valence-electron chi connectivity index (χ4n) is 3.98. The Balaban J connectivity index is 1.64. The Bertz CT molecular complexity index is 1380. The van der Waals surface area contributed by atoms with Crippen molar-refractivity contribution in [3.63, 3.8) is 0 Å². The summed E-state index contributed by atoms with van der Waals surface area (Å²) in [5.41, 5.74) is 2.10. The zero-order valence-corrected chi connectivity index (χ0v) is 21.2. The molecule has 0 atom stereocenters. The second kappa shape index (κ2) is 10.8. The molecule has 0 radical (unpaired) electrons. The molecule has 0 aliphatic carbocycles. The van der Waals surface area contributed by atoms with Crippen molar-refractivity contribution >= 4 is 58.2 Å². The van der Waals surface area contributed by atoms with Crippen LogP contribution in [0.3, 0.4) is 0 Å². The lowest BCUT2D eigenvalue weighted by atomic mass is 10.1. The van der Waals surface area contributed by atoms with Crippen molar-refractivity contribution in [2.24, 2.45) is 0 Å². The van der Waals surface area contributed by atoms with Crippen molar-refractivity contribution in [2.75, 3.05) is 35.7 Å². The number of hydrogen-bond donors (Lipinski definition) is 3. The van der Waals surface area contributed by atoms with Crippen LogP contribution in [0.4, 0.5) is 33.2 Å². The molecule has 3 amide bonds. The van der Waals surface area contributed by atoms with Gasteiger partial charge in [-0.1, -0.05) is 23.7 Å².